The van der Waals surface area contributed by atoms with Gasteiger partial charge in [-0.05, 0) is 60.3 Å². The van der Waals surface area contributed by atoms with E-state index in [1.807, 2.05) is 103 Å². The second-order valence-corrected chi connectivity index (χ2v) is 7.91. The normalized spacial score (nSPS) is 11.9. The minimum atomic E-state index is -0.256. The quantitative estimate of drug-likeness (QED) is 0.326. The van der Waals surface area contributed by atoms with Crippen LogP contribution in [0.4, 0.5) is 0 Å². The summed E-state index contributed by atoms with van der Waals surface area (Å²) in [5, 5.41) is 5.16. The molecule has 1 unspecified atom stereocenters. The van der Waals surface area contributed by atoms with Gasteiger partial charge in [-0.3, -0.25) is 4.79 Å². The van der Waals surface area contributed by atoms with Crippen LogP contribution < -0.4 is 10.1 Å². The van der Waals surface area contributed by atoms with Gasteiger partial charge in [-0.1, -0.05) is 48.5 Å². The number of hydrogen-bond donors (Lipinski definition) is 1. The van der Waals surface area contributed by atoms with E-state index in [0.717, 1.165) is 27.8 Å². The fourth-order valence-corrected chi connectivity index (χ4v) is 3.84. The average Bonchev–Trinajstić information content (AvgIpc) is 3.55. The van der Waals surface area contributed by atoms with Crippen molar-refractivity contribution in [2.24, 2.45) is 0 Å². The summed E-state index contributed by atoms with van der Waals surface area (Å²) in [6, 6.07) is 29.4. The first-order chi connectivity index (χ1) is 16.2. The third-order valence-electron chi connectivity index (χ3n) is 5.65. The lowest BCUT2D eigenvalue weighted by Crippen LogP contribution is -2.26. The number of carbonyl (C=O) groups is 1. The Morgan fingerprint density at radius 1 is 0.909 bits per heavy atom. The van der Waals surface area contributed by atoms with Gasteiger partial charge in [0.15, 0.2) is 5.76 Å². The number of nitrogens with one attached hydrogen (secondary N) is 1. The molecule has 164 valence electrons. The molecule has 5 rings (SSSR count). The van der Waals surface area contributed by atoms with E-state index in [1.165, 1.54) is 0 Å². The van der Waals surface area contributed by atoms with E-state index in [4.69, 9.17) is 9.15 Å². The molecular formula is C28H24N2O3. The van der Waals surface area contributed by atoms with E-state index in [-0.39, 0.29) is 24.3 Å². The van der Waals surface area contributed by atoms with E-state index >= 15 is 0 Å². The van der Waals surface area contributed by atoms with Crippen molar-refractivity contribution >= 4 is 16.7 Å². The largest absolute Gasteiger partial charge is 0.485 e. The number of ether oxygens (including phenoxy) is 1. The summed E-state index contributed by atoms with van der Waals surface area (Å²) >= 11 is 0. The number of rotatable bonds is 7. The second kappa shape index (κ2) is 9.09. The van der Waals surface area contributed by atoms with Gasteiger partial charge >= 0.3 is 0 Å². The Morgan fingerprint density at radius 2 is 1.67 bits per heavy atom. The van der Waals surface area contributed by atoms with Gasteiger partial charge in [0, 0.05) is 23.5 Å². The predicted molar refractivity (Wildman–Crippen MR) is 129 cm³/mol. The van der Waals surface area contributed by atoms with Crippen molar-refractivity contribution in [2.45, 2.75) is 19.6 Å². The topological polar surface area (TPSA) is 56.4 Å². The monoisotopic (exact) mass is 436 g/mol. The highest BCUT2D eigenvalue weighted by molar-refractivity contribution is 5.91. The maximum absolute atomic E-state index is 12.7. The second-order valence-electron chi connectivity index (χ2n) is 7.91. The van der Waals surface area contributed by atoms with Gasteiger partial charge in [-0.25, -0.2) is 0 Å². The fraction of sp³-hybridized carbons (Fsp3) is 0.107. The van der Waals surface area contributed by atoms with Crippen LogP contribution in [-0.2, 0) is 6.61 Å². The Labute approximate surface area is 192 Å². The molecule has 0 radical (unpaired) electrons. The zero-order valence-corrected chi connectivity index (χ0v) is 18.3. The van der Waals surface area contributed by atoms with Crippen molar-refractivity contribution in [2.75, 3.05) is 0 Å². The molecule has 0 aliphatic carbocycles. The molecule has 2 aromatic heterocycles. The number of amides is 1. The molecule has 33 heavy (non-hydrogen) atoms. The van der Waals surface area contributed by atoms with E-state index < -0.39 is 0 Å². The lowest BCUT2D eigenvalue weighted by Gasteiger charge is -2.14. The van der Waals surface area contributed by atoms with Crippen molar-refractivity contribution in [1.82, 2.24) is 9.88 Å². The molecule has 5 nitrogen and oxygen atoms in total. The Morgan fingerprint density at radius 3 is 2.48 bits per heavy atom. The lowest BCUT2D eigenvalue weighted by molar-refractivity contribution is 0.0907. The van der Waals surface area contributed by atoms with Gasteiger partial charge in [0.1, 0.15) is 18.1 Å². The highest BCUT2D eigenvalue weighted by Gasteiger charge is 2.15. The third kappa shape index (κ3) is 4.53. The molecule has 0 saturated heterocycles. The van der Waals surface area contributed by atoms with Gasteiger partial charge in [0.05, 0.1) is 6.04 Å². The number of nitrogens with zero attached hydrogens (tertiary/aromatic N) is 1. The molecule has 0 aliphatic rings. The molecule has 0 saturated carbocycles. The SMILES string of the molecule is CC(NC(=O)c1ccc(COc2cccc3ccccc23)o1)c1ccc(-n2cccc2)cc1. The minimum absolute atomic E-state index is 0.156. The molecular weight excluding hydrogens is 412 g/mol. The fourth-order valence-electron chi connectivity index (χ4n) is 3.84. The maximum atomic E-state index is 12.7. The van der Waals surface area contributed by atoms with Crippen LogP contribution in [0, 0.1) is 0 Å². The van der Waals surface area contributed by atoms with Crippen LogP contribution in [-0.4, -0.2) is 10.5 Å². The van der Waals surface area contributed by atoms with Crippen LogP contribution in [0.2, 0.25) is 0 Å². The number of fused-ring (bicyclic) bond motifs is 1. The molecule has 5 aromatic rings. The summed E-state index contributed by atoms with van der Waals surface area (Å²) in [5.41, 5.74) is 2.09. The zero-order valence-electron chi connectivity index (χ0n) is 18.3. The smallest absolute Gasteiger partial charge is 0.287 e. The third-order valence-corrected chi connectivity index (χ3v) is 5.65. The summed E-state index contributed by atoms with van der Waals surface area (Å²) < 4.78 is 13.7. The van der Waals surface area contributed by atoms with Crippen LogP contribution in [0.25, 0.3) is 16.5 Å². The van der Waals surface area contributed by atoms with E-state index in [1.54, 1.807) is 12.1 Å². The molecule has 0 fully saturated rings. The summed E-state index contributed by atoms with van der Waals surface area (Å²) in [6.07, 6.45) is 4.00. The van der Waals surface area contributed by atoms with Gasteiger partial charge in [0.2, 0.25) is 0 Å². The molecule has 2 heterocycles. The van der Waals surface area contributed by atoms with Crippen LogP contribution in [0.1, 0.15) is 34.8 Å². The number of hydrogen-bond acceptors (Lipinski definition) is 3. The number of furan rings is 1. The van der Waals surface area contributed by atoms with Gasteiger partial charge in [-0.2, -0.15) is 0 Å². The predicted octanol–water partition coefficient (Wildman–Crippen LogP) is 6.29. The van der Waals surface area contributed by atoms with Crippen LogP contribution in [0.15, 0.2) is 108 Å². The van der Waals surface area contributed by atoms with Crippen molar-refractivity contribution in [1.29, 1.82) is 0 Å². The summed E-state index contributed by atoms with van der Waals surface area (Å²) in [5.74, 6) is 1.39. The van der Waals surface area contributed by atoms with Crippen LogP contribution in [0.5, 0.6) is 5.75 Å². The molecule has 1 atom stereocenters. The van der Waals surface area contributed by atoms with Crippen molar-refractivity contribution < 1.29 is 13.9 Å². The van der Waals surface area contributed by atoms with Crippen molar-refractivity contribution in [3.05, 3.63) is 120 Å². The van der Waals surface area contributed by atoms with Crippen molar-refractivity contribution in [3.63, 3.8) is 0 Å². The van der Waals surface area contributed by atoms with E-state index in [0.29, 0.717) is 5.76 Å². The molecule has 3 aromatic carbocycles. The summed E-state index contributed by atoms with van der Waals surface area (Å²) in [6.45, 7) is 2.20. The molecule has 1 N–H and O–H groups in total. The Balaban J connectivity index is 1.21. The first-order valence-electron chi connectivity index (χ1n) is 10.9. The Bertz CT molecular complexity index is 1360. The van der Waals surface area contributed by atoms with Gasteiger partial charge < -0.3 is 19.0 Å². The van der Waals surface area contributed by atoms with Gasteiger partial charge in [0.25, 0.3) is 5.91 Å². The number of benzene rings is 3. The minimum Gasteiger partial charge on any atom is -0.485 e. The molecule has 1 amide bonds. The highest BCUT2D eigenvalue weighted by atomic mass is 16.5. The molecule has 0 aliphatic heterocycles. The van der Waals surface area contributed by atoms with Gasteiger partial charge in [-0.15, -0.1) is 0 Å². The zero-order chi connectivity index (χ0) is 22.6. The number of carbonyl (C=O) groups excluding carboxylic acids is 1. The Hall–Kier alpha value is -4.25. The van der Waals surface area contributed by atoms with Crippen LogP contribution in [0.3, 0.4) is 0 Å². The summed E-state index contributed by atoms with van der Waals surface area (Å²) in [4.78, 5) is 12.7. The molecule has 0 spiro atoms. The van der Waals surface area contributed by atoms with Crippen molar-refractivity contribution in [3.8, 4) is 11.4 Å². The lowest BCUT2D eigenvalue weighted by atomic mass is 10.1. The maximum Gasteiger partial charge on any atom is 0.287 e. The summed E-state index contributed by atoms with van der Waals surface area (Å²) in [7, 11) is 0. The first kappa shape index (κ1) is 20.6. The highest BCUT2D eigenvalue weighted by Crippen LogP contribution is 2.26. The standard InChI is InChI=1S/C28H24N2O3/c1-20(21-11-13-23(14-12-21)30-17-4-5-18-30)29-28(31)27-16-15-24(33-27)19-32-26-10-6-8-22-7-2-3-9-25(22)26/h2-18,20H,19H2,1H3,(H,29,31). The number of aromatic nitrogens is 1. The Kier molecular flexibility index (Phi) is 5.68. The average molecular weight is 437 g/mol. The van der Waals surface area contributed by atoms with E-state index in [9.17, 15) is 4.79 Å². The van der Waals surface area contributed by atoms with Crippen LogP contribution >= 0.6 is 0 Å². The molecule has 5 heteroatoms. The van der Waals surface area contributed by atoms with E-state index in [2.05, 4.69) is 5.32 Å². The molecule has 0 bridgehead atoms. The first-order valence-corrected chi connectivity index (χ1v) is 10.9.